The van der Waals surface area contributed by atoms with Crippen LogP contribution in [0.4, 0.5) is 0 Å². The Morgan fingerprint density at radius 1 is 0.600 bits per heavy atom. The van der Waals surface area contributed by atoms with Crippen molar-refractivity contribution < 1.29 is 0 Å². The SMILES string of the molecule is C(=C1SC2CCCCC2S1)C(=C(c1ccccc1)c1ccccc1)c1ccccc1. The van der Waals surface area contributed by atoms with E-state index in [4.69, 9.17) is 0 Å². The van der Waals surface area contributed by atoms with Crippen molar-refractivity contribution in [3.05, 3.63) is 118 Å². The third kappa shape index (κ3) is 4.31. The van der Waals surface area contributed by atoms with Gasteiger partial charge in [-0.1, -0.05) is 104 Å². The first-order valence-corrected chi connectivity index (χ1v) is 12.6. The highest BCUT2D eigenvalue weighted by Crippen LogP contribution is 2.53. The molecule has 1 saturated heterocycles. The molecule has 0 amide bonds. The fourth-order valence-electron chi connectivity index (χ4n) is 4.45. The lowest BCUT2D eigenvalue weighted by Crippen LogP contribution is -2.19. The van der Waals surface area contributed by atoms with Gasteiger partial charge in [-0.2, -0.15) is 0 Å². The second-order valence-electron chi connectivity index (χ2n) is 7.95. The number of thioether (sulfide) groups is 2. The fraction of sp³-hybridized carbons (Fsp3) is 0.214. The van der Waals surface area contributed by atoms with Gasteiger partial charge in [0.15, 0.2) is 0 Å². The zero-order valence-electron chi connectivity index (χ0n) is 17.0. The predicted octanol–water partition coefficient (Wildman–Crippen LogP) is 8.28. The fourth-order valence-corrected chi connectivity index (χ4v) is 7.86. The van der Waals surface area contributed by atoms with Gasteiger partial charge in [-0.25, -0.2) is 0 Å². The van der Waals surface area contributed by atoms with Crippen LogP contribution in [-0.2, 0) is 0 Å². The average Bonchev–Trinajstić information content (AvgIpc) is 3.23. The van der Waals surface area contributed by atoms with E-state index in [0.717, 1.165) is 10.5 Å². The first-order chi connectivity index (χ1) is 14.9. The van der Waals surface area contributed by atoms with Gasteiger partial charge in [0.05, 0.1) is 0 Å². The van der Waals surface area contributed by atoms with E-state index in [1.54, 1.807) is 0 Å². The lowest BCUT2D eigenvalue weighted by molar-refractivity contribution is 0.532. The van der Waals surface area contributed by atoms with Crippen LogP contribution >= 0.6 is 23.5 Å². The zero-order chi connectivity index (χ0) is 20.2. The molecule has 0 spiro atoms. The summed E-state index contributed by atoms with van der Waals surface area (Å²) in [4.78, 5) is 0. The minimum atomic E-state index is 0.795. The lowest BCUT2D eigenvalue weighted by Gasteiger charge is -2.21. The molecule has 1 aliphatic carbocycles. The summed E-state index contributed by atoms with van der Waals surface area (Å²) < 4.78 is 1.48. The van der Waals surface area contributed by atoms with Crippen molar-refractivity contribution >= 4 is 34.7 Å². The van der Waals surface area contributed by atoms with Crippen molar-refractivity contribution in [1.29, 1.82) is 0 Å². The number of fused-ring (bicyclic) bond motifs is 1. The monoisotopic (exact) mass is 426 g/mol. The minimum Gasteiger partial charge on any atom is -0.115 e. The van der Waals surface area contributed by atoms with E-state index in [9.17, 15) is 0 Å². The van der Waals surface area contributed by atoms with E-state index in [1.807, 2.05) is 0 Å². The summed E-state index contributed by atoms with van der Waals surface area (Å²) in [5.41, 5.74) is 6.45. The maximum absolute atomic E-state index is 2.47. The molecule has 3 aromatic rings. The van der Waals surface area contributed by atoms with Gasteiger partial charge in [-0.05, 0) is 46.8 Å². The highest BCUT2D eigenvalue weighted by atomic mass is 32.2. The van der Waals surface area contributed by atoms with Crippen LogP contribution < -0.4 is 0 Å². The first-order valence-electron chi connectivity index (χ1n) is 10.8. The Kier molecular flexibility index (Phi) is 6.15. The topological polar surface area (TPSA) is 0 Å². The van der Waals surface area contributed by atoms with Crippen LogP contribution in [0, 0.1) is 0 Å². The highest BCUT2D eigenvalue weighted by Gasteiger charge is 2.34. The first kappa shape index (κ1) is 19.8. The van der Waals surface area contributed by atoms with Gasteiger partial charge in [0.2, 0.25) is 0 Å². The van der Waals surface area contributed by atoms with Crippen LogP contribution in [0.2, 0.25) is 0 Å². The number of benzene rings is 3. The lowest BCUT2D eigenvalue weighted by atomic mass is 9.89. The quantitative estimate of drug-likeness (QED) is 0.385. The molecule has 30 heavy (non-hydrogen) atoms. The second kappa shape index (κ2) is 9.32. The van der Waals surface area contributed by atoms with E-state index < -0.39 is 0 Å². The number of hydrogen-bond acceptors (Lipinski definition) is 2. The summed E-state index contributed by atoms with van der Waals surface area (Å²) in [6, 6.07) is 32.6. The summed E-state index contributed by atoms with van der Waals surface area (Å²) in [5.74, 6) is 0. The molecule has 1 saturated carbocycles. The molecule has 2 atom stereocenters. The number of rotatable bonds is 4. The van der Waals surface area contributed by atoms with Crippen molar-refractivity contribution in [2.24, 2.45) is 0 Å². The average molecular weight is 427 g/mol. The van der Waals surface area contributed by atoms with E-state index in [0.29, 0.717) is 0 Å². The molecule has 2 aliphatic rings. The van der Waals surface area contributed by atoms with Crippen molar-refractivity contribution in [3.63, 3.8) is 0 Å². The summed E-state index contributed by atoms with van der Waals surface area (Å²) in [6.45, 7) is 0. The van der Waals surface area contributed by atoms with Gasteiger partial charge in [-0.15, -0.1) is 23.5 Å². The molecule has 1 aliphatic heterocycles. The van der Waals surface area contributed by atoms with Crippen molar-refractivity contribution in [2.75, 3.05) is 0 Å². The Bertz CT molecular complexity index is 978. The van der Waals surface area contributed by atoms with E-state index in [-0.39, 0.29) is 0 Å². The molecule has 0 bridgehead atoms. The van der Waals surface area contributed by atoms with Crippen LogP contribution in [0.3, 0.4) is 0 Å². The Morgan fingerprint density at radius 2 is 1.03 bits per heavy atom. The summed E-state index contributed by atoms with van der Waals surface area (Å²) in [5, 5.41) is 1.59. The van der Waals surface area contributed by atoms with Gasteiger partial charge in [0, 0.05) is 14.7 Å². The maximum atomic E-state index is 2.47. The van der Waals surface area contributed by atoms with Crippen molar-refractivity contribution in [1.82, 2.24) is 0 Å². The predicted molar refractivity (Wildman–Crippen MR) is 135 cm³/mol. The van der Waals surface area contributed by atoms with Gasteiger partial charge in [0.1, 0.15) is 0 Å². The van der Waals surface area contributed by atoms with Crippen molar-refractivity contribution in [3.8, 4) is 0 Å². The van der Waals surface area contributed by atoms with E-state index >= 15 is 0 Å². The number of hydrogen-bond donors (Lipinski definition) is 0. The molecule has 1 heterocycles. The summed E-state index contributed by atoms with van der Waals surface area (Å²) in [6.07, 6.45) is 7.99. The summed E-state index contributed by atoms with van der Waals surface area (Å²) >= 11 is 4.23. The normalized spacial score (nSPS) is 20.5. The van der Waals surface area contributed by atoms with Crippen LogP contribution in [0.1, 0.15) is 42.4 Å². The van der Waals surface area contributed by atoms with E-state index in [1.165, 1.54) is 57.8 Å². The molecular formula is C28H26S2. The molecule has 5 rings (SSSR count). The van der Waals surface area contributed by atoms with Gasteiger partial charge in [0.25, 0.3) is 0 Å². The number of allylic oxidation sites excluding steroid dienone is 2. The molecule has 150 valence electrons. The van der Waals surface area contributed by atoms with Crippen LogP contribution in [-0.4, -0.2) is 10.5 Å². The molecule has 0 nitrogen and oxygen atoms in total. The van der Waals surface area contributed by atoms with Crippen LogP contribution in [0.15, 0.2) is 101 Å². The van der Waals surface area contributed by atoms with Gasteiger partial charge < -0.3 is 0 Å². The molecular weight excluding hydrogens is 400 g/mol. The third-order valence-electron chi connectivity index (χ3n) is 5.92. The standard InChI is InChI=1S/C28H26S2/c1-4-12-21(13-5-1)24(20-27-29-25-18-10-11-19-26(25)30-27)28(22-14-6-2-7-15-22)23-16-8-3-9-17-23/h1-9,12-17,20,25-26H,10-11,18-19H2. The molecule has 3 aromatic carbocycles. The van der Waals surface area contributed by atoms with Gasteiger partial charge >= 0.3 is 0 Å². The minimum absolute atomic E-state index is 0.795. The van der Waals surface area contributed by atoms with Crippen LogP contribution in [0.5, 0.6) is 0 Å². The smallest absolute Gasteiger partial charge is 0.0413 e. The molecule has 2 fully saturated rings. The van der Waals surface area contributed by atoms with Crippen LogP contribution in [0.25, 0.3) is 11.1 Å². The third-order valence-corrected chi connectivity index (χ3v) is 9.10. The molecule has 2 heteroatoms. The molecule has 0 radical (unpaired) electrons. The van der Waals surface area contributed by atoms with Gasteiger partial charge in [-0.3, -0.25) is 0 Å². The Balaban J connectivity index is 1.69. The van der Waals surface area contributed by atoms with Crippen molar-refractivity contribution in [2.45, 2.75) is 36.2 Å². The highest BCUT2D eigenvalue weighted by molar-refractivity contribution is 8.26. The molecule has 0 N–H and O–H groups in total. The zero-order valence-corrected chi connectivity index (χ0v) is 18.7. The second-order valence-corrected chi connectivity index (χ2v) is 10.8. The van der Waals surface area contributed by atoms with E-state index in [2.05, 4.69) is 121 Å². The molecule has 2 unspecified atom stereocenters. The summed E-state index contributed by atoms with van der Waals surface area (Å²) in [7, 11) is 0. The Morgan fingerprint density at radius 3 is 1.50 bits per heavy atom. The Hall–Kier alpha value is -2.16. The molecule has 0 aromatic heterocycles. The maximum Gasteiger partial charge on any atom is 0.0413 e. The largest absolute Gasteiger partial charge is 0.115 e. The Labute approximate surface area is 188 Å².